The maximum atomic E-state index is 12.7. The molecule has 3 rings (SSSR count). The molecule has 1 unspecified atom stereocenters. The fourth-order valence-corrected chi connectivity index (χ4v) is 3.19. The van der Waals surface area contributed by atoms with E-state index in [1.807, 2.05) is 41.3 Å². The van der Waals surface area contributed by atoms with E-state index in [-0.39, 0.29) is 17.7 Å². The molecule has 26 heavy (non-hydrogen) atoms. The second kappa shape index (κ2) is 8.43. The number of aromatic nitrogens is 1. The average molecular weight is 349 g/mol. The Hall–Kier alpha value is -2.95. The summed E-state index contributed by atoms with van der Waals surface area (Å²) >= 11 is 0. The third-order valence-corrected chi connectivity index (χ3v) is 4.73. The summed E-state index contributed by atoms with van der Waals surface area (Å²) in [5.74, 6) is 0.0874. The molecular formula is C21H23N3O2. The number of allylic oxidation sites excluding steroid dienone is 1. The molecule has 134 valence electrons. The third kappa shape index (κ3) is 4.17. The van der Waals surface area contributed by atoms with E-state index in [4.69, 9.17) is 0 Å². The van der Waals surface area contributed by atoms with Gasteiger partial charge in [0.1, 0.15) is 0 Å². The lowest BCUT2D eigenvalue weighted by molar-refractivity contribution is -0.132. The third-order valence-electron chi connectivity index (χ3n) is 4.73. The number of amides is 2. The van der Waals surface area contributed by atoms with Crippen LogP contribution in [0.15, 0.2) is 67.5 Å². The van der Waals surface area contributed by atoms with Crippen LogP contribution in [0, 0.1) is 0 Å². The second-order valence-electron chi connectivity index (χ2n) is 6.37. The summed E-state index contributed by atoms with van der Waals surface area (Å²) in [7, 11) is 0. The number of carbonyl (C=O) groups excluding carboxylic acids is 2. The normalized spacial score (nSPS) is 15.4. The summed E-state index contributed by atoms with van der Waals surface area (Å²) in [4.78, 5) is 32.7. The van der Waals surface area contributed by atoms with Crippen LogP contribution < -0.4 is 0 Å². The molecule has 1 aromatic carbocycles. The van der Waals surface area contributed by atoms with E-state index < -0.39 is 0 Å². The zero-order chi connectivity index (χ0) is 18.4. The maximum Gasteiger partial charge on any atom is 0.255 e. The van der Waals surface area contributed by atoms with Crippen molar-refractivity contribution in [2.24, 2.45) is 0 Å². The number of pyridine rings is 1. The number of hydrogen-bond donors (Lipinski definition) is 0. The van der Waals surface area contributed by atoms with Crippen molar-refractivity contribution in [2.45, 2.75) is 12.3 Å². The molecule has 0 aliphatic carbocycles. The SMILES string of the molecule is C=CC(CC(=O)N1CCN(C(=O)c2cccnc2)CC1)c1ccccc1. The Kier molecular flexibility index (Phi) is 5.79. The van der Waals surface area contributed by atoms with Gasteiger partial charge in [-0.1, -0.05) is 36.4 Å². The first-order valence-electron chi connectivity index (χ1n) is 8.83. The van der Waals surface area contributed by atoms with E-state index >= 15 is 0 Å². The molecule has 0 N–H and O–H groups in total. The van der Waals surface area contributed by atoms with Crippen molar-refractivity contribution in [2.75, 3.05) is 26.2 Å². The average Bonchev–Trinajstić information content (AvgIpc) is 2.72. The van der Waals surface area contributed by atoms with Gasteiger partial charge in [-0.3, -0.25) is 14.6 Å². The van der Waals surface area contributed by atoms with Gasteiger partial charge < -0.3 is 9.80 Å². The number of hydrogen-bond acceptors (Lipinski definition) is 3. The van der Waals surface area contributed by atoms with Gasteiger partial charge in [0.2, 0.25) is 5.91 Å². The fourth-order valence-electron chi connectivity index (χ4n) is 3.19. The number of carbonyl (C=O) groups is 2. The van der Waals surface area contributed by atoms with Gasteiger partial charge in [0, 0.05) is 50.9 Å². The van der Waals surface area contributed by atoms with E-state index in [0.29, 0.717) is 38.2 Å². The highest BCUT2D eigenvalue weighted by Gasteiger charge is 2.26. The molecule has 2 amide bonds. The van der Waals surface area contributed by atoms with E-state index in [0.717, 1.165) is 5.56 Å². The van der Waals surface area contributed by atoms with Crippen molar-refractivity contribution in [3.8, 4) is 0 Å². The first-order chi connectivity index (χ1) is 12.7. The number of piperazine rings is 1. The van der Waals surface area contributed by atoms with Crippen molar-refractivity contribution in [3.05, 3.63) is 78.6 Å². The fraction of sp³-hybridized carbons (Fsp3) is 0.286. The van der Waals surface area contributed by atoms with Gasteiger partial charge in [-0.2, -0.15) is 0 Å². The van der Waals surface area contributed by atoms with Crippen LogP contribution in [0.2, 0.25) is 0 Å². The largest absolute Gasteiger partial charge is 0.339 e. The number of benzene rings is 1. The van der Waals surface area contributed by atoms with Gasteiger partial charge in [0.15, 0.2) is 0 Å². The minimum absolute atomic E-state index is 0.0127. The lowest BCUT2D eigenvalue weighted by atomic mass is 9.95. The minimum atomic E-state index is -0.0292. The molecule has 5 nitrogen and oxygen atoms in total. The van der Waals surface area contributed by atoms with Crippen LogP contribution in [-0.4, -0.2) is 52.8 Å². The molecule has 1 saturated heterocycles. The van der Waals surface area contributed by atoms with Gasteiger partial charge in [0.05, 0.1) is 5.56 Å². The topological polar surface area (TPSA) is 53.5 Å². The molecule has 0 bridgehead atoms. The van der Waals surface area contributed by atoms with Gasteiger partial charge >= 0.3 is 0 Å². The number of nitrogens with zero attached hydrogens (tertiary/aromatic N) is 3. The van der Waals surface area contributed by atoms with Crippen LogP contribution in [0.5, 0.6) is 0 Å². The molecule has 1 atom stereocenters. The first-order valence-corrected chi connectivity index (χ1v) is 8.83. The van der Waals surface area contributed by atoms with Crippen molar-refractivity contribution in [3.63, 3.8) is 0 Å². The predicted molar refractivity (Wildman–Crippen MR) is 101 cm³/mol. The van der Waals surface area contributed by atoms with Gasteiger partial charge in [-0.25, -0.2) is 0 Å². The first kappa shape index (κ1) is 17.9. The summed E-state index contributed by atoms with van der Waals surface area (Å²) in [6.45, 7) is 6.08. The van der Waals surface area contributed by atoms with Crippen LogP contribution in [0.4, 0.5) is 0 Å². The van der Waals surface area contributed by atoms with E-state index in [2.05, 4.69) is 11.6 Å². The Balaban J connectivity index is 1.55. The summed E-state index contributed by atoms with van der Waals surface area (Å²) in [6.07, 6.45) is 5.46. The van der Waals surface area contributed by atoms with Gasteiger partial charge in [0.25, 0.3) is 5.91 Å². The highest BCUT2D eigenvalue weighted by atomic mass is 16.2. The van der Waals surface area contributed by atoms with E-state index in [9.17, 15) is 9.59 Å². The van der Waals surface area contributed by atoms with Crippen molar-refractivity contribution in [1.29, 1.82) is 0 Å². The Bertz CT molecular complexity index is 753. The standard InChI is InChI=1S/C21H23N3O2/c1-2-17(18-7-4-3-5-8-18)15-20(25)23-11-13-24(14-12-23)21(26)19-9-6-10-22-16-19/h2-10,16-17H,1,11-15H2. The Morgan fingerprint density at radius 1 is 1.04 bits per heavy atom. The van der Waals surface area contributed by atoms with Crippen molar-refractivity contribution < 1.29 is 9.59 Å². The zero-order valence-corrected chi connectivity index (χ0v) is 14.8. The lowest BCUT2D eigenvalue weighted by Crippen LogP contribution is -2.50. The summed E-state index contributed by atoms with van der Waals surface area (Å²) in [5.41, 5.74) is 1.68. The molecule has 0 saturated carbocycles. The highest BCUT2D eigenvalue weighted by Crippen LogP contribution is 2.22. The van der Waals surface area contributed by atoms with Crippen LogP contribution >= 0.6 is 0 Å². The molecule has 1 aromatic heterocycles. The van der Waals surface area contributed by atoms with Crippen LogP contribution in [0.1, 0.15) is 28.3 Å². The molecule has 2 heterocycles. The molecule has 5 heteroatoms. The minimum Gasteiger partial charge on any atom is -0.339 e. The molecule has 0 spiro atoms. The Morgan fingerprint density at radius 2 is 1.73 bits per heavy atom. The predicted octanol–water partition coefficient (Wildman–Crippen LogP) is 2.73. The Morgan fingerprint density at radius 3 is 2.35 bits per heavy atom. The van der Waals surface area contributed by atoms with Crippen molar-refractivity contribution in [1.82, 2.24) is 14.8 Å². The number of rotatable bonds is 5. The molecule has 0 radical (unpaired) electrons. The van der Waals surface area contributed by atoms with Crippen LogP contribution in [-0.2, 0) is 4.79 Å². The smallest absolute Gasteiger partial charge is 0.255 e. The van der Waals surface area contributed by atoms with Crippen molar-refractivity contribution >= 4 is 11.8 Å². The van der Waals surface area contributed by atoms with Crippen LogP contribution in [0.25, 0.3) is 0 Å². The summed E-state index contributed by atoms with van der Waals surface area (Å²) < 4.78 is 0. The Labute approximate surface area is 154 Å². The molecular weight excluding hydrogens is 326 g/mol. The quantitative estimate of drug-likeness (QED) is 0.780. The van der Waals surface area contributed by atoms with Gasteiger partial charge in [-0.15, -0.1) is 6.58 Å². The molecule has 1 aliphatic heterocycles. The second-order valence-corrected chi connectivity index (χ2v) is 6.37. The highest BCUT2D eigenvalue weighted by molar-refractivity contribution is 5.94. The molecule has 1 aliphatic rings. The summed E-state index contributed by atoms with van der Waals surface area (Å²) in [6, 6.07) is 13.5. The molecule has 2 aromatic rings. The van der Waals surface area contributed by atoms with E-state index in [1.165, 1.54) is 0 Å². The van der Waals surface area contributed by atoms with Crippen LogP contribution in [0.3, 0.4) is 0 Å². The van der Waals surface area contributed by atoms with Gasteiger partial charge in [-0.05, 0) is 17.7 Å². The molecule has 1 fully saturated rings. The lowest BCUT2D eigenvalue weighted by Gasteiger charge is -2.35. The zero-order valence-electron chi connectivity index (χ0n) is 14.8. The maximum absolute atomic E-state index is 12.7. The monoisotopic (exact) mass is 349 g/mol. The summed E-state index contributed by atoms with van der Waals surface area (Å²) in [5, 5.41) is 0. The van der Waals surface area contributed by atoms with E-state index in [1.54, 1.807) is 29.4 Å².